The molecule has 1 aliphatic rings. The predicted molar refractivity (Wildman–Crippen MR) is 80.9 cm³/mol. The molecular weight excluding hydrogens is 329 g/mol. The number of thioether (sulfide) groups is 1. The Morgan fingerprint density at radius 3 is 2.57 bits per heavy atom. The molecule has 1 fully saturated rings. The Bertz CT molecular complexity index is 541. The third-order valence-corrected chi connectivity index (χ3v) is 5.16. The van der Waals surface area contributed by atoms with Gasteiger partial charge in [0, 0.05) is 13.6 Å². The maximum absolute atomic E-state index is 12.7. The van der Waals surface area contributed by atoms with Gasteiger partial charge in [-0.05, 0) is 25.7 Å². The van der Waals surface area contributed by atoms with Crippen LogP contribution in [0.15, 0.2) is 5.16 Å². The average molecular weight is 350 g/mol. The molecule has 1 aromatic rings. The molecule has 0 unspecified atom stereocenters. The summed E-state index contributed by atoms with van der Waals surface area (Å²) in [5.41, 5.74) is 0. The minimum atomic E-state index is -4.55. The number of hydrogen-bond donors (Lipinski definition) is 1. The van der Waals surface area contributed by atoms with Crippen molar-refractivity contribution in [3.05, 3.63) is 5.82 Å². The van der Waals surface area contributed by atoms with Gasteiger partial charge in [-0.1, -0.05) is 31.0 Å². The van der Waals surface area contributed by atoms with Crippen molar-refractivity contribution in [2.45, 2.75) is 55.6 Å². The van der Waals surface area contributed by atoms with E-state index in [-0.39, 0.29) is 11.1 Å². The molecule has 1 heterocycles. The summed E-state index contributed by atoms with van der Waals surface area (Å²) in [6.45, 7) is 2.29. The van der Waals surface area contributed by atoms with Gasteiger partial charge in [0.1, 0.15) is 0 Å². The van der Waals surface area contributed by atoms with Crippen LogP contribution in [0.2, 0.25) is 0 Å². The zero-order valence-corrected chi connectivity index (χ0v) is 14.0. The van der Waals surface area contributed by atoms with Crippen LogP contribution in [0.3, 0.4) is 0 Å². The second-order valence-electron chi connectivity index (χ2n) is 5.87. The van der Waals surface area contributed by atoms with E-state index in [2.05, 4.69) is 15.5 Å². The summed E-state index contributed by atoms with van der Waals surface area (Å²) in [5.74, 6) is -0.733. The molecule has 0 saturated heterocycles. The number of nitrogens with zero attached hydrogens (tertiary/aromatic N) is 3. The number of alkyl halides is 3. The van der Waals surface area contributed by atoms with Crippen LogP contribution in [0.25, 0.3) is 0 Å². The maximum Gasteiger partial charge on any atom is 0.451 e. The highest BCUT2D eigenvalue weighted by Gasteiger charge is 2.37. The molecule has 1 aromatic heterocycles. The summed E-state index contributed by atoms with van der Waals surface area (Å²) in [5, 5.41) is 9.13. The van der Waals surface area contributed by atoms with E-state index in [0.29, 0.717) is 12.5 Å². The SMILES string of the molecule is C[C@@H](Sc1nnc(C(F)(F)F)n1C)C(=O)NCC1CCCCC1. The van der Waals surface area contributed by atoms with E-state index in [1.807, 2.05) is 0 Å². The molecule has 1 aliphatic carbocycles. The highest BCUT2D eigenvalue weighted by atomic mass is 32.2. The summed E-state index contributed by atoms with van der Waals surface area (Å²) < 4.78 is 38.9. The molecule has 1 saturated carbocycles. The van der Waals surface area contributed by atoms with Crippen LogP contribution in [0.1, 0.15) is 44.9 Å². The highest BCUT2D eigenvalue weighted by Crippen LogP contribution is 2.30. The van der Waals surface area contributed by atoms with E-state index < -0.39 is 17.3 Å². The molecule has 9 heteroatoms. The Hall–Kier alpha value is -1.25. The zero-order chi connectivity index (χ0) is 17.0. The van der Waals surface area contributed by atoms with Gasteiger partial charge in [-0.15, -0.1) is 10.2 Å². The molecule has 0 bridgehead atoms. The van der Waals surface area contributed by atoms with E-state index in [4.69, 9.17) is 0 Å². The quantitative estimate of drug-likeness (QED) is 0.830. The van der Waals surface area contributed by atoms with Gasteiger partial charge >= 0.3 is 6.18 Å². The molecule has 130 valence electrons. The van der Waals surface area contributed by atoms with Crippen LogP contribution < -0.4 is 5.32 Å². The highest BCUT2D eigenvalue weighted by molar-refractivity contribution is 8.00. The number of aromatic nitrogens is 3. The fourth-order valence-electron chi connectivity index (χ4n) is 2.66. The Labute approximate surface area is 137 Å². The number of amides is 1. The van der Waals surface area contributed by atoms with Crippen molar-refractivity contribution < 1.29 is 18.0 Å². The lowest BCUT2D eigenvalue weighted by molar-refractivity contribution is -0.147. The fourth-order valence-corrected chi connectivity index (χ4v) is 3.50. The Morgan fingerprint density at radius 1 is 1.35 bits per heavy atom. The van der Waals surface area contributed by atoms with E-state index in [9.17, 15) is 18.0 Å². The van der Waals surface area contributed by atoms with Crippen molar-refractivity contribution in [3.8, 4) is 0 Å². The van der Waals surface area contributed by atoms with Crippen LogP contribution in [0.5, 0.6) is 0 Å². The lowest BCUT2D eigenvalue weighted by Gasteiger charge is -2.22. The molecule has 0 aliphatic heterocycles. The first-order chi connectivity index (χ1) is 10.8. The molecule has 0 radical (unpaired) electrons. The average Bonchev–Trinajstić information content (AvgIpc) is 2.87. The van der Waals surface area contributed by atoms with Crippen molar-refractivity contribution in [2.24, 2.45) is 13.0 Å². The maximum atomic E-state index is 12.7. The molecule has 1 amide bonds. The van der Waals surface area contributed by atoms with Crippen molar-refractivity contribution >= 4 is 17.7 Å². The molecule has 1 atom stereocenters. The lowest BCUT2D eigenvalue weighted by Crippen LogP contribution is -2.35. The summed E-state index contributed by atoms with van der Waals surface area (Å²) in [6.07, 6.45) is 1.35. The van der Waals surface area contributed by atoms with Crippen LogP contribution in [-0.4, -0.2) is 32.5 Å². The molecular formula is C14H21F3N4OS. The minimum Gasteiger partial charge on any atom is -0.355 e. The summed E-state index contributed by atoms with van der Waals surface area (Å²) >= 11 is 0.979. The second-order valence-corrected chi connectivity index (χ2v) is 7.18. The van der Waals surface area contributed by atoms with Crippen molar-refractivity contribution in [2.75, 3.05) is 6.54 Å². The van der Waals surface area contributed by atoms with E-state index in [1.165, 1.54) is 26.3 Å². The Balaban J connectivity index is 1.87. The molecule has 1 N–H and O–H groups in total. The van der Waals surface area contributed by atoms with Gasteiger partial charge in [-0.25, -0.2) is 0 Å². The second kappa shape index (κ2) is 7.55. The Kier molecular flexibility index (Phi) is 5.94. The number of carbonyl (C=O) groups excluding carboxylic acids is 1. The topological polar surface area (TPSA) is 59.8 Å². The standard InChI is InChI=1S/C14H21F3N4OS/c1-9(11(22)18-8-10-6-4-3-5-7-10)23-13-20-19-12(21(13)2)14(15,16)17/h9-10H,3-8H2,1-2H3,(H,18,22)/t9-/m1/s1. The van der Waals surface area contributed by atoms with Gasteiger partial charge in [0.15, 0.2) is 5.16 Å². The number of hydrogen-bond acceptors (Lipinski definition) is 4. The van der Waals surface area contributed by atoms with Gasteiger partial charge in [-0.2, -0.15) is 13.2 Å². The Morgan fingerprint density at radius 2 is 2.00 bits per heavy atom. The number of nitrogens with one attached hydrogen (secondary N) is 1. The van der Waals surface area contributed by atoms with Crippen LogP contribution in [-0.2, 0) is 18.0 Å². The van der Waals surface area contributed by atoms with E-state index in [0.717, 1.165) is 29.2 Å². The molecule has 23 heavy (non-hydrogen) atoms. The first kappa shape index (κ1) is 18.1. The third kappa shape index (κ3) is 4.86. The van der Waals surface area contributed by atoms with Crippen LogP contribution >= 0.6 is 11.8 Å². The van der Waals surface area contributed by atoms with Crippen LogP contribution in [0.4, 0.5) is 13.2 Å². The summed E-state index contributed by atoms with van der Waals surface area (Å²) in [6, 6.07) is 0. The van der Waals surface area contributed by atoms with Gasteiger partial charge < -0.3 is 9.88 Å². The molecule has 2 rings (SSSR count). The first-order valence-corrected chi connectivity index (χ1v) is 8.58. The molecule has 0 aromatic carbocycles. The van der Waals surface area contributed by atoms with Crippen molar-refractivity contribution in [3.63, 3.8) is 0 Å². The van der Waals surface area contributed by atoms with Gasteiger partial charge in [0.25, 0.3) is 0 Å². The zero-order valence-electron chi connectivity index (χ0n) is 13.2. The largest absolute Gasteiger partial charge is 0.451 e. The van der Waals surface area contributed by atoms with Gasteiger partial charge in [0.05, 0.1) is 5.25 Å². The lowest BCUT2D eigenvalue weighted by atomic mass is 9.89. The van der Waals surface area contributed by atoms with Gasteiger partial charge in [-0.3, -0.25) is 4.79 Å². The smallest absolute Gasteiger partial charge is 0.355 e. The summed E-state index contributed by atoms with van der Waals surface area (Å²) in [4.78, 5) is 12.1. The molecule has 5 nitrogen and oxygen atoms in total. The van der Waals surface area contributed by atoms with Crippen molar-refractivity contribution in [1.29, 1.82) is 0 Å². The number of halogens is 3. The molecule has 0 spiro atoms. The monoisotopic (exact) mass is 350 g/mol. The van der Waals surface area contributed by atoms with Crippen molar-refractivity contribution in [1.82, 2.24) is 20.1 Å². The van der Waals surface area contributed by atoms with Gasteiger partial charge in [0.2, 0.25) is 11.7 Å². The summed E-state index contributed by atoms with van der Waals surface area (Å²) in [7, 11) is 1.25. The fraction of sp³-hybridized carbons (Fsp3) is 0.786. The number of carbonyl (C=O) groups is 1. The van der Waals surface area contributed by atoms with E-state index >= 15 is 0 Å². The normalized spacial score (nSPS) is 18.0. The first-order valence-electron chi connectivity index (χ1n) is 7.70. The third-order valence-electron chi connectivity index (χ3n) is 4.03. The van der Waals surface area contributed by atoms with E-state index in [1.54, 1.807) is 6.92 Å². The number of rotatable bonds is 5. The minimum absolute atomic E-state index is 0.0811. The predicted octanol–water partition coefficient (Wildman–Crippen LogP) is 3.01. The van der Waals surface area contributed by atoms with Crippen LogP contribution in [0, 0.1) is 5.92 Å².